The second-order valence-electron chi connectivity index (χ2n) is 7.08. The molecule has 0 saturated carbocycles. The van der Waals surface area contributed by atoms with Crippen molar-refractivity contribution in [3.8, 4) is 0 Å². The lowest BCUT2D eigenvalue weighted by atomic mass is 9.99. The van der Waals surface area contributed by atoms with Gasteiger partial charge in [0.1, 0.15) is 0 Å². The lowest BCUT2D eigenvalue weighted by Gasteiger charge is -2.35. The van der Waals surface area contributed by atoms with Crippen LogP contribution in [0.4, 0.5) is 26.3 Å². The molecule has 2 fully saturated rings. The minimum Gasteiger partial charge on any atom is -0.475 e. The van der Waals surface area contributed by atoms with Crippen LogP contribution in [0.3, 0.4) is 0 Å². The lowest BCUT2D eigenvalue weighted by molar-refractivity contribution is -0.193. The number of nitrogens with zero attached hydrogens (tertiary/aromatic N) is 2. The molecule has 8 nitrogen and oxygen atoms in total. The van der Waals surface area contributed by atoms with Crippen LogP contribution in [0.25, 0.3) is 0 Å². The van der Waals surface area contributed by atoms with Gasteiger partial charge in [-0.15, -0.1) is 0 Å². The molecule has 2 saturated heterocycles. The highest BCUT2D eigenvalue weighted by Crippen LogP contribution is 2.32. The standard InChI is InChI=1S/C15H22N2O2.2C2HF3O2/c1-18-11-13-5-6-14-15(19-13)7-9-17(14)10-12-4-2-3-8-16-12;2*3-2(4,5)1(6)7/h2-4,8,13-15H,5-7,9-11H2,1H3;2*(H,6,7)/t13-,14-,15-;;/m1../s1. The van der Waals surface area contributed by atoms with Gasteiger partial charge in [-0.3, -0.25) is 9.88 Å². The zero-order valence-electron chi connectivity index (χ0n) is 17.5. The molecule has 0 bridgehead atoms. The Bertz CT molecular complexity index is 723. The number of halogens is 6. The summed E-state index contributed by atoms with van der Waals surface area (Å²) >= 11 is 0. The third-order valence-corrected chi connectivity index (χ3v) is 4.68. The van der Waals surface area contributed by atoms with Crippen molar-refractivity contribution in [3.05, 3.63) is 30.1 Å². The summed E-state index contributed by atoms with van der Waals surface area (Å²) in [7, 11) is 1.75. The van der Waals surface area contributed by atoms with E-state index in [1.807, 2.05) is 12.3 Å². The second-order valence-corrected chi connectivity index (χ2v) is 7.08. The highest BCUT2D eigenvalue weighted by Gasteiger charge is 2.40. The molecule has 3 atom stereocenters. The second kappa shape index (κ2) is 12.7. The molecule has 0 aromatic carbocycles. The number of ether oxygens (including phenoxy) is 2. The zero-order valence-corrected chi connectivity index (χ0v) is 17.5. The predicted octanol–water partition coefficient (Wildman–Crippen LogP) is 3.12. The van der Waals surface area contributed by atoms with E-state index in [4.69, 9.17) is 29.3 Å². The normalized spacial score (nSPS) is 22.8. The third-order valence-electron chi connectivity index (χ3n) is 4.68. The molecular formula is C19H24F6N2O6. The van der Waals surface area contributed by atoms with Gasteiger partial charge in [0.2, 0.25) is 0 Å². The van der Waals surface area contributed by atoms with Crippen LogP contribution in [0.2, 0.25) is 0 Å². The van der Waals surface area contributed by atoms with Crippen LogP contribution in [0.15, 0.2) is 24.4 Å². The summed E-state index contributed by atoms with van der Waals surface area (Å²) in [5, 5.41) is 14.2. The average molecular weight is 490 g/mol. The number of carbonyl (C=O) groups is 2. The SMILES string of the molecule is COC[C@H]1CC[C@@H]2[C@@H](CCN2Cc2ccccn2)O1.O=C(O)C(F)(F)F.O=C(O)C(F)(F)F. The van der Waals surface area contributed by atoms with Crippen LogP contribution in [0.1, 0.15) is 25.0 Å². The fourth-order valence-corrected chi connectivity index (χ4v) is 3.29. The molecule has 3 heterocycles. The number of aromatic nitrogens is 1. The largest absolute Gasteiger partial charge is 0.490 e. The highest BCUT2D eigenvalue weighted by molar-refractivity contribution is 5.73. The molecule has 0 spiro atoms. The summed E-state index contributed by atoms with van der Waals surface area (Å²) in [5.74, 6) is -5.51. The number of aliphatic carboxylic acids is 2. The monoisotopic (exact) mass is 490 g/mol. The first kappa shape index (κ1) is 28.6. The van der Waals surface area contributed by atoms with Crippen LogP contribution in [-0.2, 0) is 25.6 Å². The van der Waals surface area contributed by atoms with Crippen LogP contribution in [-0.4, -0.2) is 82.9 Å². The topological polar surface area (TPSA) is 109 Å². The minimum atomic E-state index is -5.08. The van der Waals surface area contributed by atoms with E-state index in [0.717, 1.165) is 38.2 Å². The summed E-state index contributed by atoms with van der Waals surface area (Å²) in [5.41, 5.74) is 1.15. The van der Waals surface area contributed by atoms with Gasteiger partial charge in [0.25, 0.3) is 0 Å². The van der Waals surface area contributed by atoms with E-state index in [9.17, 15) is 26.3 Å². The molecule has 0 aliphatic carbocycles. The molecule has 2 aliphatic heterocycles. The Morgan fingerprint density at radius 3 is 2.12 bits per heavy atom. The maximum Gasteiger partial charge on any atom is 0.490 e. The van der Waals surface area contributed by atoms with Gasteiger partial charge >= 0.3 is 24.3 Å². The summed E-state index contributed by atoms with van der Waals surface area (Å²) < 4.78 is 74.8. The van der Waals surface area contributed by atoms with E-state index in [1.54, 1.807) is 7.11 Å². The first-order valence-electron chi connectivity index (χ1n) is 9.64. The van der Waals surface area contributed by atoms with Crippen molar-refractivity contribution in [2.45, 2.75) is 56.4 Å². The molecule has 33 heavy (non-hydrogen) atoms. The van der Waals surface area contributed by atoms with E-state index in [-0.39, 0.29) is 0 Å². The van der Waals surface area contributed by atoms with Crippen molar-refractivity contribution in [2.75, 3.05) is 20.3 Å². The van der Waals surface area contributed by atoms with Crippen LogP contribution >= 0.6 is 0 Å². The summed E-state index contributed by atoms with van der Waals surface area (Å²) in [6, 6.07) is 6.69. The van der Waals surface area contributed by atoms with Crippen molar-refractivity contribution in [2.24, 2.45) is 0 Å². The number of hydrogen-bond acceptors (Lipinski definition) is 6. The van der Waals surface area contributed by atoms with Gasteiger partial charge in [-0.25, -0.2) is 9.59 Å². The van der Waals surface area contributed by atoms with Gasteiger partial charge in [-0.1, -0.05) is 6.07 Å². The Hall–Kier alpha value is -2.45. The van der Waals surface area contributed by atoms with Crippen LogP contribution < -0.4 is 0 Å². The number of fused-ring (bicyclic) bond motifs is 1. The van der Waals surface area contributed by atoms with E-state index in [1.165, 1.54) is 6.42 Å². The smallest absolute Gasteiger partial charge is 0.475 e. The number of hydrogen-bond donors (Lipinski definition) is 2. The molecule has 0 radical (unpaired) electrons. The molecule has 2 N–H and O–H groups in total. The van der Waals surface area contributed by atoms with E-state index >= 15 is 0 Å². The Morgan fingerprint density at radius 2 is 1.67 bits per heavy atom. The predicted molar refractivity (Wildman–Crippen MR) is 100 cm³/mol. The van der Waals surface area contributed by atoms with Crippen molar-refractivity contribution in [1.82, 2.24) is 9.88 Å². The number of methoxy groups -OCH3 is 1. The number of carboxylic acid groups (broad SMARTS) is 2. The average Bonchev–Trinajstić information content (AvgIpc) is 3.10. The Morgan fingerprint density at radius 1 is 1.09 bits per heavy atom. The molecule has 14 heteroatoms. The van der Waals surface area contributed by atoms with E-state index in [0.29, 0.717) is 18.2 Å². The number of rotatable bonds is 4. The van der Waals surface area contributed by atoms with E-state index < -0.39 is 24.3 Å². The summed E-state index contributed by atoms with van der Waals surface area (Å²) in [4.78, 5) is 24.7. The first-order valence-corrected chi connectivity index (χ1v) is 9.64. The first-order chi connectivity index (χ1) is 15.3. The summed E-state index contributed by atoms with van der Waals surface area (Å²) in [6.45, 7) is 2.79. The quantitative estimate of drug-likeness (QED) is 0.620. The summed E-state index contributed by atoms with van der Waals surface area (Å²) in [6.07, 6.45) is -4.16. The molecule has 0 unspecified atom stereocenters. The molecule has 1 aromatic heterocycles. The maximum atomic E-state index is 10.6. The highest BCUT2D eigenvalue weighted by atomic mass is 19.4. The fraction of sp³-hybridized carbons (Fsp3) is 0.632. The lowest BCUT2D eigenvalue weighted by Crippen LogP contribution is -2.43. The van der Waals surface area contributed by atoms with E-state index in [2.05, 4.69) is 22.0 Å². The minimum absolute atomic E-state index is 0.293. The van der Waals surface area contributed by atoms with Crippen LogP contribution in [0, 0.1) is 0 Å². The molecule has 188 valence electrons. The van der Waals surface area contributed by atoms with Crippen molar-refractivity contribution in [3.63, 3.8) is 0 Å². The molecule has 0 amide bonds. The van der Waals surface area contributed by atoms with Crippen molar-refractivity contribution < 1.29 is 55.6 Å². The number of likely N-dealkylation sites (tertiary alicyclic amines) is 1. The van der Waals surface area contributed by atoms with Gasteiger partial charge in [-0.2, -0.15) is 26.3 Å². The molecular weight excluding hydrogens is 466 g/mol. The van der Waals surface area contributed by atoms with Crippen LogP contribution in [0.5, 0.6) is 0 Å². The Balaban J connectivity index is 0.000000324. The van der Waals surface area contributed by atoms with Gasteiger partial charge in [0.05, 0.1) is 24.5 Å². The third kappa shape index (κ3) is 10.4. The Labute approximate surface area is 185 Å². The number of carboxylic acids is 2. The van der Waals surface area contributed by atoms with Crippen molar-refractivity contribution in [1.29, 1.82) is 0 Å². The van der Waals surface area contributed by atoms with Crippen molar-refractivity contribution >= 4 is 11.9 Å². The number of pyridine rings is 1. The Kier molecular flexibility index (Phi) is 11.0. The maximum absolute atomic E-state index is 10.6. The van der Waals surface area contributed by atoms with Gasteiger partial charge < -0.3 is 19.7 Å². The van der Waals surface area contributed by atoms with Gasteiger partial charge in [0, 0.05) is 32.4 Å². The molecule has 3 rings (SSSR count). The zero-order chi connectivity index (χ0) is 25.2. The molecule has 2 aliphatic rings. The number of alkyl halides is 6. The fourth-order valence-electron chi connectivity index (χ4n) is 3.29. The van der Waals surface area contributed by atoms with Gasteiger partial charge in [-0.05, 0) is 31.4 Å². The van der Waals surface area contributed by atoms with Gasteiger partial charge in [0.15, 0.2) is 0 Å². The molecule has 1 aromatic rings.